The van der Waals surface area contributed by atoms with E-state index in [-0.39, 0.29) is 11.5 Å². The number of hydrogen-bond acceptors (Lipinski definition) is 4. The van der Waals surface area contributed by atoms with Crippen LogP contribution >= 0.6 is 11.5 Å². The maximum Gasteiger partial charge on any atom is 0.340 e. The molecule has 0 spiro atoms. The molecule has 0 unspecified atom stereocenters. The fourth-order valence-electron chi connectivity index (χ4n) is 1.03. The van der Waals surface area contributed by atoms with Gasteiger partial charge in [-0.05, 0) is 18.0 Å². The van der Waals surface area contributed by atoms with Crippen LogP contribution in [0.5, 0.6) is 0 Å². The van der Waals surface area contributed by atoms with E-state index in [0.29, 0.717) is 17.1 Å². The van der Waals surface area contributed by atoms with Crippen molar-refractivity contribution in [2.24, 2.45) is 0 Å². The normalized spacial score (nSPS) is 9.86. The topological polar surface area (TPSA) is 79.3 Å². The number of rotatable bonds is 3. The van der Waals surface area contributed by atoms with Crippen LogP contribution < -0.4 is 5.32 Å². The molecule has 0 bridgehead atoms. The highest BCUT2D eigenvalue weighted by atomic mass is 32.1. The van der Waals surface area contributed by atoms with Gasteiger partial charge in [0.25, 0.3) is 0 Å². The third kappa shape index (κ3) is 2.08. The lowest BCUT2D eigenvalue weighted by Gasteiger charge is -1.99. The van der Waals surface area contributed by atoms with Crippen LogP contribution in [-0.2, 0) is 11.2 Å². The predicted molar refractivity (Wildman–Crippen MR) is 52.8 cm³/mol. The zero-order valence-corrected chi connectivity index (χ0v) is 8.64. The second-order valence-electron chi connectivity index (χ2n) is 2.67. The van der Waals surface area contributed by atoms with Crippen molar-refractivity contribution in [2.75, 3.05) is 5.32 Å². The van der Waals surface area contributed by atoms with Crippen molar-refractivity contribution in [3.05, 3.63) is 11.3 Å². The molecular formula is C8H10N2O3S. The fraction of sp³-hybridized carbons (Fsp3) is 0.375. The van der Waals surface area contributed by atoms with Crippen LogP contribution in [0.15, 0.2) is 0 Å². The highest BCUT2D eigenvalue weighted by Gasteiger charge is 2.19. The van der Waals surface area contributed by atoms with Gasteiger partial charge in [0, 0.05) is 6.92 Å². The number of carboxylic acid groups (broad SMARTS) is 1. The average molecular weight is 214 g/mol. The molecule has 0 aromatic carbocycles. The Bertz CT molecular complexity index is 373. The number of carbonyl (C=O) groups excluding carboxylic acids is 1. The summed E-state index contributed by atoms with van der Waals surface area (Å²) < 4.78 is 3.96. The van der Waals surface area contributed by atoms with Crippen molar-refractivity contribution < 1.29 is 14.7 Å². The second-order valence-corrected chi connectivity index (χ2v) is 3.45. The molecule has 0 fully saturated rings. The van der Waals surface area contributed by atoms with Crippen molar-refractivity contribution in [1.82, 2.24) is 4.37 Å². The van der Waals surface area contributed by atoms with Crippen molar-refractivity contribution >= 4 is 28.4 Å². The van der Waals surface area contributed by atoms with Crippen LogP contribution in [-0.4, -0.2) is 21.4 Å². The van der Waals surface area contributed by atoms with Crippen LogP contribution in [0.1, 0.15) is 29.9 Å². The Morgan fingerprint density at radius 2 is 2.21 bits per heavy atom. The lowest BCUT2D eigenvalue weighted by atomic mass is 10.2. The molecule has 0 aliphatic carbocycles. The molecule has 0 atom stereocenters. The summed E-state index contributed by atoms with van der Waals surface area (Å²) in [5.41, 5.74) is 0.610. The first-order chi connectivity index (χ1) is 6.56. The number of carbonyl (C=O) groups is 2. The van der Waals surface area contributed by atoms with Crippen LogP contribution in [0, 0.1) is 0 Å². The number of anilines is 1. The Morgan fingerprint density at radius 3 is 2.64 bits per heavy atom. The molecular weight excluding hydrogens is 204 g/mol. The van der Waals surface area contributed by atoms with E-state index in [1.54, 1.807) is 0 Å². The smallest absolute Gasteiger partial charge is 0.340 e. The van der Waals surface area contributed by atoms with Gasteiger partial charge in [-0.25, -0.2) is 4.79 Å². The standard InChI is InChI=1S/C8H10N2O3S/c1-3-5-6(8(12)13)7(14-10-5)9-4(2)11/h3H2,1-2H3,(H,9,11)(H,12,13). The number of aromatic carboxylic acids is 1. The Morgan fingerprint density at radius 1 is 1.57 bits per heavy atom. The van der Waals surface area contributed by atoms with Crippen molar-refractivity contribution in [3.8, 4) is 0 Å². The molecule has 1 amide bonds. The molecule has 0 saturated carbocycles. The highest BCUT2D eigenvalue weighted by molar-refractivity contribution is 7.11. The Labute approximate surface area is 84.9 Å². The number of aryl methyl sites for hydroxylation is 1. The molecule has 1 aromatic heterocycles. The molecule has 6 heteroatoms. The number of aromatic nitrogens is 1. The summed E-state index contributed by atoms with van der Waals surface area (Å²) in [6.45, 7) is 3.15. The summed E-state index contributed by atoms with van der Waals surface area (Å²) in [5, 5.41) is 11.6. The first-order valence-corrected chi connectivity index (χ1v) is 4.83. The SMILES string of the molecule is CCc1nsc(NC(C)=O)c1C(=O)O. The van der Waals surface area contributed by atoms with E-state index in [9.17, 15) is 9.59 Å². The molecule has 14 heavy (non-hydrogen) atoms. The first-order valence-electron chi connectivity index (χ1n) is 4.05. The Kier molecular flexibility index (Phi) is 3.19. The molecule has 1 aromatic rings. The minimum absolute atomic E-state index is 0.104. The number of nitrogens with zero attached hydrogens (tertiary/aromatic N) is 1. The molecule has 1 rings (SSSR count). The third-order valence-corrected chi connectivity index (χ3v) is 2.40. The van der Waals surface area contributed by atoms with E-state index in [1.807, 2.05) is 6.92 Å². The van der Waals surface area contributed by atoms with Crippen molar-refractivity contribution in [2.45, 2.75) is 20.3 Å². The van der Waals surface area contributed by atoms with Crippen LogP contribution in [0.2, 0.25) is 0 Å². The monoisotopic (exact) mass is 214 g/mol. The van der Waals surface area contributed by atoms with Crippen LogP contribution in [0.25, 0.3) is 0 Å². The lowest BCUT2D eigenvalue weighted by Crippen LogP contribution is -2.09. The molecule has 1 heterocycles. The minimum Gasteiger partial charge on any atom is -0.478 e. The quantitative estimate of drug-likeness (QED) is 0.796. The van der Waals surface area contributed by atoms with Crippen molar-refractivity contribution in [1.29, 1.82) is 0 Å². The molecule has 0 saturated heterocycles. The number of nitrogens with one attached hydrogen (secondary N) is 1. The second kappa shape index (κ2) is 4.19. The average Bonchev–Trinajstić information content (AvgIpc) is 2.46. The van der Waals surface area contributed by atoms with Gasteiger partial charge in [0.2, 0.25) is 5.91 Å². The summed E-state index contributed by atoms with van der Waals surface area (Å²) in [6.07, 6.45) is 0.539. The number of amides is 1. The lowest BCUT2D eigenvalue weighted by molar-refractivity contribution is -0.114. The summed E-state index contributed by atoms with van der Waals surface area (Å²) in [6, 6.07) is 0. The van der Waals surface area contributed by atoms with Crippen molar-refractivity contribution in [3.63, 3.8) is 0 Å². The van der Waals surface area contributed by atoms with Gasteiger partial charge in [0.05, 0.1) is 5.69 Å². The van der Waals surface area contributed by atoms with Crippen LogP contribution in [0.3, 0.4) is 0 Å². The molecule has 2 N–H and O–H groups in total. The number of hydrogen-bond donors (Lipinski definition) is 2. The Balaban J connectivity index is 3.10. The highest BCUT2D eigenvalue weighted by Crippen LogP contribution is 2.25. The number of carboxylic acids is 1. The molecule has 0 radical (unpaired) electrons. The van der Waals surface area contributed by atoms with E-state index < -0.39 is 5.97 Å². The third-order valence-electron chi connectivity index (χ3n) is 1.60. The maximum atomic E-state index is 10.9. The van der Waals surface area contributed by atoms with Gasteiger partial charge in [-0.2, -0.15) is 4.37 Å². The Hall–Kier alpha value is -1.43. The van der Waals surface area contributed by atoms with Gasteiger partial charge < -0.3 is 10.4 Å². The van der Waals surface area contributed by atoms with Gasteiger partial charge in [-0.3, -0.25) is 4.79 Å². The van der Waals surface area contributed by atoms with Gasteiger partial charge >= 0.3 is 5.97 Å². The summed E-state index contributed by atoms with van der Waals surface area (Å²) in [4.78, 5) is 21.6. The minimum atomic E-state index is -1.06. The van der Waals surface area contributed by atoms with Gasteiger partial charge in [0.15, 0.2) is 0 Å². The van der Waals surface area contributed by atoms with E-state index in [1.165, 1.54) is 6.92 Å². The van der Waals surface area contributed by atoms with E-state index in [2.05, 4.69) is 9.69 Å². The fourth-order valence-corrected chi connectivity index (χ4v) is 1.94. The van der Waals surface area contributed by atoms with E-state index in [0.717, 1.165) is 11.5 Å². The van der Waals surface area contributed by atoms with E-state index in [4.69, 9.17) is 5.11 Å². The zero-order chi connectivity index (χ0) is 10.7. The van der Waals surface area contributed by atoms with Gasteiger partial charge in [-0.15, -0.1) is 0 Å². The molecule has 5 nitrogen and oxygen atoms in total. The van der Waals surface area contributed by atoms with E-state index >= 15 is 0 Å². The maximum absolute atomic E-state index is 10.9. The van der Waals surface area contributed by atoms with Gasteiger partial charge in [0.1, 0.15) is 10.6 Å². The summed E-state index contributed by atoms with van der Waals surface area (Å²) in [5.74, 6) is -1.35. The largest absolute Gasteiger partial charge is 0.478 e. The summed E-state index contributed by atoms with van der Waals surface area (Å²) in [7, 11) is 0. The van der Waals surface area contributed by atoms with Gasteiger partial charge in [-0.1, -0.05) is 6.92 Å². The predicted octanol–water partition coefficient (Wildman–Crippen LogP) is 1.36. The molecule has 0 aliphatic rings. The summed E-state index contributed by atoms with van der Waals surface area (Å²) >= 11 is 0.995. The molecule has 0 aliphatic heterocycles. The first kappa shape index (κ1) is 10.6. The zero-order valence-electron chi connectivity index (χ0n) is 7.83. The molecule has 76 valence electrons. The van der Waals surface area contributed by atoms with Crippen LogP contribution in [0.4, 0.5) is 5.00 Å².